The van der Waals surface area contributed by atoms with Gasteiger partial charge in [-0.1, -0.05) is 0 Å². The van der Waals surface area contributed by atoms with E-state index >= 15 is 0 Å². The van der Waals surface area contributed by atoms with Crippen molar-refractivity contribution in [2.45, 2.75) is 6.04 Å². The molecule has 0 fully saturated rings. The highest BCUT2D eigenvalue weighted by Crippen LogP contribution is 2.43. The minimum absolute atomic E-state index is 0.275. The Bertz CT molecular complexity index is 2040. The molecule has 0 spiro atoms. The van der Waals surface area contributed by atoms with Gasteiger partial charge in [-0.25, -0.2) is 24.9 Å². The summed E-state index contributed by atoms with van der Waals surface area (Å²) in [7, 11) is 0. The number of nitrogens with zero attached hydrogens (tertiary/aromatic N) is 10. The van der Waals surface area contributed by atoms with E-state index in [1.165, 1.54) is 60.8 Å². The maximum atomic E-state index is 9.16. The molecule has 4 rings (SSSR count). The Morgan fingerprint density at radius 2 is 1.05 bits per heavy atom. The van der Waals surface area contributed by atoms with Crippen molar-refractivity contribution < 1.29 is 0 Å². The molecule has 2 aromatic heterocycles. The lowest BCUT2D eigenvalue weighted by molar-refractivity contribution is 1.13. The van der Waals surface area contributed by atoms with Gasteiger partial charge in [0.25, 0.3) is 0 Å². The van der Waals surface area contributed by atoms with Crippen LogP contribution in [0.25, 0.3) is 46.4 Å². The summed E-state index contributed by atoms with van der Waals surface area (Å²) in [6, 6.07) is 9.04. The molecule has 42 heavy (non-hydrogen) atoms. The number of allylic oxidation sites excluding steroid dienone is 6. The third-order valence-corrected chi connectivity index (χ3v) is 5.67. The van der Waals surface area contributed by atoms with Gasteiger partial charge in [0.1, 0.15) is 27.8 Å². The number of nitriles is 5. The SMILES string of the molecule is N#C/C=C/c1nc2c3c(c4nc(/C=C/C#N)c(/C=C/C#N)nc4c2nc1/C=C/C#N)NC(/C=C/C#N)C(/C=C/C=N)=N3. The number of aromatic nitrogens is 4. The summed E-state index contributed by atoms with van der Waals surface area (Å²) in [5.41, 5.74) is 3.56. The first kappa shape index (κ1) is 28.0. The van der Waals surface area contributed by atoms with E-state index in [0.717, 1.165) is 6.21 Å². The Kier molecular flexibility index (Phi) is 8.74. The Hall–Kier alpha value is -7.07. The van der Waals surface area contributed by atoms with Crippen molar-refractivity contribution in [2.75, 3.05) is 5.32 Å². The van der Waals surface area contributed by atoms with Gasteiger partial charge in [-0.15, -0.1) is 0 Å². The van der Waals surface area contributed by atoms with Crippen LogP contribution < -0.4 is 5.32 Å². The van der Waals surface area contributed by atoms with Crippen LogP contribution in [0.3, 0.4) is 0 Å². The molecule has 0 aliphatic carbocycles. The van der Waals surface area contributed by atoms with E-state index in [9.17, 15) is 0 Å². The Balaban J connectivity index is 2.25. The van der Waals surface area contributed by atoms with Gasteiger partial charge in [0.15, 0.2) is 0 Å². The number of hydrogen-bond acceptors (Lipinski definition) is 12. The first-order chi connectivity index (χ1) is 20.6. The van der Waals surface area contributed by atoms with E-state index in [1.807, 2.05) is 30.3 Å². The second-order valence-electron chi connectivity index (χ2n) is 8.13. The van der Waals surface area contributed by atoms with Gasteiger partial charge in [0, 0.05) is 36.6 Å². The van der Waals surface area contributed by atoms with Crippen LogP contribution in [0, 0.1) is 62.1 Å². The molecule has 0 saturated carbocycles. The Morgan fingerprint density at radius 1 is 0.595 bits per heavy atom. The zero-order chi connectivity index (χ0) is 29.9. The van der Waals surface area contributed by atoms with E-state index in [2.05, 4.69) is 5.32 Å². The van der Waals surface area contributed by atoms with Crippen molar-refractivity contribution in [3.63, 3.8) is 0 Å². The highest BCUT2D eigenvalue weighted by Gasteiger charge is 2.27. The molecule has 196 valence electrons. The van der Waals surface area contributed by atoms with Crippen LogP contribution in [0.2, 0.25) is 0 Å². The molecule has 1 unspecified atom stereocenters. The molecular weight excluding hydrogens is 528 g/mol. The van der Waals surface area contributed by atoms with E-state index in [0.29, 0.717) is 39.5 Å². The molecule has 0 amide bonds. The first-order valence-corrected chi connectivity index (χ1v) is 12.0. The Morgan fingerprint density at radius 3 is 1.52 bits per heavy atom. The highest BCUT2D eigenvalue weighted by atomic mass is 15.0. The lowest BCUT2D eigenvalue weighted by Crippen LogP contribution is -2.29. The van der Waals surface area contributed by atoms with E-state index in [1.54, 1.807) is 12.2 Å². The predicted octanol–water partition coefficient (Wildman–Crippen LogP) is 4.87. The van der Waals surface area contributed by atoms with Crippen molar-refractivity contribution in [3.8, 4) is 30.3 Å². The number of aliphatic imine (C=N–C) groups is 1. The molecule has 0 saturated heterocycles. The van der Waals surface area contributed by atoms with Gasteiger partial charge in [-0.05, 0) is 42.5 Å². The average molecular weight is 545 g/mol. The van der Waals surface area contributed by atoms with E-state index in [4.69, 9.17) is 56.6 Å². The van der Waals surface area contributed by atoms with Crippen molar-refractivity contribution in [1.82, 2.24) is 19.9 Å². The molecule has 2 N–H and O–H groups in total. The molecule has 1 aliphatic rings. The molecule has 0 radical (unpaired) electrons. The molecule has 3 aromatic rings. The largest absolute Gasteiger partial charge is 0.370 e. The maximum Gasteiger partial charge on any atom is 0.120 e. The molecule has 1 aromatic carbocycles. The molecule has 12 heteroatoms. The quantitative estimate of drug-likeness (QED) is 0.233. The molecule has 1 aliphatic heterocycles. The fourth-order valence-electron chi connectivity index (χ4n) is 4.03. The number of hydrogen-bond donors (Lipinski definition) is 2. The van der Waals surface area contributed by atoms with Crippen LogP contribution in [0.5, 0.6) is 0 Å². The second kappa shape index (κ2) is 13.1. The molecular formula is C30H16N12. The molecule has 12 nitrogen and oxygen atoms in total. The minimum Gasteiger partial charge on any atom is -0.370 e. The van der Waals surface area contributed by atoms with Gasteiger partial charge in [-0.3, -0.25) is 0 Å². The van der Waals surface area contributed by atoms with Gasteiger partial charge >= 0.3 is 0 Å². The van der Waals surface area contributed by atoms with Crippen LogP contribution in [0.1, 0.15) is 22.8 Å². The summed E-state index contributed by atoms with van der Waals surface area (Å²) in [5, 5.41) is 56.4. The van der Waals surface area contributed by atoms with Crippen LogP contribution in [0.4, 0.5) is 11.4 Å². The summed E-state index contributed by atoms with van der Waals surface area (Å²) >= 11 is 0. The highest BCUT2D eigenvalue weighted by molar-refractivity contribution is 6.19. The van der Waals surface area contributed by atoms with Crippen molar-refractivity contribution in [2.24, 2.45) is 4.99 Å². The fraction of sp³-hybridized carbons (Fsp3) is 0.0333. The first-order valence-electron chi connectivity index (χ1n) is 12.0. The average Bonchev–Trinajstić information content (AvgIpc) is 3.01. The van der Waals surface area contributed by atoms with Gasteiger partial charge < -0.3 is 10.7 Å². The summed E-state index contributed by atoms with van der Waals surface area (Å²) in [4.78, 5) is 23.8. The molecule has 0 bridgehead atoms. The topological polar surface area (TPSA) is 219 Å². The molecule has 1 atom stereocenters. The summed E-state index contributed by atoms with van der Waals surface area (Å²) in [5.74, 6) is 0. The summed E-state index contributed by atoms with van der Waals surface area (Å²) in [6.45, 7) is 0. The summed E-state index contributed by atoms with van der Waals surface area (Å²) < 4.78 is 0. The van der Waals surface area contributed by atoms with Crippen molar-refractivity contribution in [1.29, 1.82) is 31.7 Å². The predicted molar refractivity (Wildman–Crippen MR) is 158 cm³/mol. The number of fused-ring (bicyclic) bond motifs is 6. The lowest BCUT2D eigenvalue weighted by atomic mass is 10.0. The van der Waals surface area contributed by atoms with E-state index in [-0.39, 0.29) is 22.4 Å². The van der Waals surface area contributed by atoms with Crippen LogP contribution >= 0.6 is 0 Å². The van der Waals surface area contributed by atoms with Crippen LogP contribution in [-0.4, -0.2) is 37.9 Å². The van der Waals surface area contributed by atoms with Gasteiger partial charge in [-0.2, -0.15) is 26.3 Å². The van der Waals surface area contributed by atoms with E-state index < -0.39 is 6.04 Å². The minimum atomic E-state index is -0.587. The monoisotopic (exact) mass is 544 g/mol. The third kappa shape index (κ3) is 5.67. The van der Waals surface area contributed by atoms with Crippen molar-refractivity contribution in [3.05, 3.63) is 71.4 Å². The smallest absolute Gasteiger partial charge is 0.120 e. The fourth-order valence-corrected chi connectivity index (χ4v) is 4.03. The van der Waals surface area contributed by atoms with Crippen LogP contribution in [0.15, 0.2) is 53.6 Å². The number of benzene rings is 1. The third-order valence-electron chi connectivity index (χ3n) is 5.67. The lowest BCUT2D eigenvalue weighted by Gasteiger charge is -2.25. The normalized spacial score (nSPS) is 14.6. The van der Waals surface area contributed by atoms with Crippen LogP contribution in [-0.2, 0) is 0 Å². The summed E-state index contributed by atoms with van der Waals surface area (Å²) in [6.07, 6.45) is 17.8. The second-order valence-corrected chi connectivity index (χ2v) is 8.13. The zero-order valence-electron chi connectivity index (χ0n) is 21.6. The van der Waals surface area contributed by atoms with Crippen molar-refractivity contribution >= 4 is 69.7 Å². The number of rotatable bonds is 7. The Labute approximate surface area is 239 Å². The molecule has 3 heterocycles. The maximum absolute atomic E-state index is 9.16. The zero-order valence-corrected chi connectivity index (χ0v) is 21.6. The standard InChI is InChI=1S/C30H16N12/c31-13-1-7-19-20(8-2-14-32)38-26-25(37-19)27-29(41-22(10-4-16-34)21(39-27)9-3-15-33)30-28(26)40-23(11-5-17-35)24(42-30)12-6-18-36/h1-13,20,31,38H/b7-1+,8-2+,9-3+,10-4+,11-5+,12-6+,31-13?. The number of anilines is 1. The number of nitrogens with one attached hydrogen (secondary N) is 2. The van der Waals surface area contributed by atoms with Gasteiger partial charge in [0.05, 0.1) is 70.6 Å². The van der Waals surface area contributed by atoms with Gasteiger partial charge in [0.2, 0.25) is 0 Å².